The molecule has 0 aliphatic rings. The highest BCUT2D eigenvalue weighted by molar-refractivity contribution is 5.97. The van der Waals surface area contributed by atoms with Crippen molar-refractivity contribution in [1.29, 1.82) is 0 Å². The third kappa shape index (κ3) is 3.52. The van der Waals surface area contributed by atoms with E-state index in [2.05, 4.69) is 110 Å². The van der Waals surface area contributed by atoms with E-state index in [0.29, 0.717) is 5.92 Å². The third-order valence-electron chi connectivity index (χ3n) is 6.24. The SMILES string of the molecule is CCc1cc(-c2cccc3ccccc23)cc(C(C)C)c1-n1ccnc1-c1ccccc1. The van der Waals surface area contributed by atoms with Crippen LogP contribution in [0.2, 0.25) is 0 Å². The maximum atomic E-state index is 4.72. The van der Waals surface area contributed by atoms with Crippen LogP contribution in [0.5, 0.6) is 0 Å². The van der Waals surface area contributed by atoms with Crippen molar-refractivity contribution in [3.63, 3.8) is 0 Å². The molecule has 0 aliphatic carbocycles. The summed E-state index contributed by atoms with van der Waals surface area (Å²) >= 11 is 0. The molecule has 0 aliphatic heterocycles. The Bertz CT molecular complexity index is 1370. The average Bonchev–Trinajstić information content (AvgIpc) is 3.33. The minimum absolute atomic E-state index is 0.385. The van der Waals surface area contributed by atoms with E-state index >= 15 is 0 Å². The molecule has 0 spiro atoms. The minimum atomic E-state index is 0.385. The largest absolute Gasteiger partial charge is 0.299 e. The number of nitrogens with zero attached hydrogens (tertiary/aromatic N) is 2. The Morgan fingerprint density at radius 2 is 1.56 bits per heavy atom. The van der Waals surface area contributed by atoms with Crippen LogP contribution in [0, 0.1) is 0 Å². The van der Waals surface area contributed by atoms with Crippen LogP contribution < -0.4 is 0 Å². The summed E-state index contributed by atoms with van der Waals surface area (Å²) in [5, 5.41) is 2.58. The number of benzene rings is 4. The van der Waals surface area contributed by atoms with Gasteiger partial charge in [-0.25, -0.2) is 4.98 Å². The summed E-state index contributed by atoms with van der Waals surface area (Å²) in [5.41, 5.74) is 7.67. The third-order valence-corrected chi connectivity index (χ3v) is 6.24. The van der Waals surface area contributed by atoms with Gasteiger partial charge in [-0.1, -0.05) is 93.6 Å². The van der Waals surface area contributed by atoms with Crippen LogP contribution in [-0.4, -0.2) is 9.55 Å². The van der Waals surface area contributed by atoms with Gasteiger partial charge >= 0.3 is 0 Å². The zero-order chi connectivity index (χ0) is 22.1. The maximum absolute atomic E-state index is 4.72. The predicted molar refractivity (Wildman–Crippen MR) is 135 cm³/mol. The maximum Gasteiger partial charge on any atom is 0.144 e. The van der Waals surface area contributed by atoms with Gasteiger partial charge < -0.3 is 0 Å². The lowest BCUT2D eigenvalue weighted by molar-refractivity contribution is 0.840. The summed E-state index contributed by atoms with van der Waals surface area (Å²) in [4.78, 5) is 4.72. The molecule has 0 bridgehead atoms. The molecule has 1 heterocycles. The molecule has 0 amide bonds. The number of aryl methyl sites for hydroxylation is 1. The van der Waals surface area contributed by atoms with Crippen LogP contribution in [-0.2, 0) is 6.42 Å². The van der Waals surface area contributed by atoms with Gasteiger partial charge in [0, 0.05) is 18.0 Å². The Labute approximate surface area is 190 Å². The topological polar surface area (TPSA) is 17.8 Å². The summed E-state index contributed by atoms with van der Waals surface area (Å²) in [5.74, 6) is 1.37. The number of hydrogen-bond acceptors (Lipinski definition) is 1. The van der Waals surface area contributed by atoms with E-state index < -0.39 is 0 Å². The van der Waals surface area contributed by atoms with E-state index in [1.54, 1.807) is 0 Å². The monoisotopic (exact) mass is 416 g/mol. The van der Waals surface area contributed by atoms with Crippen molar-refractivity contribution >= 4 is 10.8 Å². The molecule has 0 saturated heterocycles. The van der Waals surface area contributed by atoms with Crippen molar-refractivity contribution in [3.8, 4) is 28.2 Å². The van der Waals surface area contributed by atoms with Crippen molar-refractivity contribution in [2.75, 3.05) is 0 Å². The zero-order valence-corrected chi connectivity index (χ0v) is 18.9. The standard InChI is InChI=1S/C30H28N2/c1-4-22-19-25(27-16-10-14-23-11-8-9-15-26(23)27)20-28(21(2)3)29(22)32-18-17-31-30(32)24-12-6-5-7-13-24/h5-21H,4H2,1-3H3. The lowest BCUT2D eigenvalue weighted by Crippen LogP contribution is -2.07. The van der Waals surface area contributed by atoms with Gasteiger partial charge in [-0.15, -0.1) is 0 Å². The number of imidazole rings is 1. The summed E-state index contributed by atoms with van der Waals surface area (Å²) < 4.78 is 2.27. The quantitative estimate of drug-likeness (QED) is 0.283. The van der Waals surface area contributed by atoms with Gasteiger partial charge in [0.05, 0.1) is 5.69 Å². The van der Waals surface area contributed by atoms with Gasteiger partial charge in [0.15, 0.2) is 0 Å². The van der Waals surface area contributed by atoms with Crippen LogP contribution in [0.25, 0.3) is 39.0 Å². The van der Waals surface area contributed by atoms with Gasteiger partial charge in [0.25, 0.3) is 0 Å². The lowest BCUT2D eigenvalue weighted by atomic mass is 9.89. The van der Waals surface area contributed by atoms with Gasteiger partial charge in [-0.3, -0.25) is 4.57 Å². The first-order chi connectivity index (χ1) is 15.7. The molecule has 32 heavy (non-hydrogen) atoms. The molecular weight excluding hydrogens is 388 g/mol. The average molecular weight is 417 g/mol. The molecule has 0 radical (unpaired) electrons. The van der Waals surface area contributed by atoms with E-state index in [9.17, 15) is 0 Å². The molecule has 0 fully saturated rings. The Balaban J connectivity index is 1.76. The highest BCUT2D eigenvalue weighted by Crippen LogP contribution is 2.37. The van der Waals surface area contributed by atoms with Crippen molar-refractivity contribution in [3.05, 3.63) is 108 Å². The second-order valence-electron chi connectivity index (χ2n) is 8.60. The highest BCUT2D eigenvalue weighted by Gasteiger charge is 2.19. The Hall–Kier alpha value is -3.65. The fourth-order valence-corrected chi connectivity index (χ4v) is 4.64. The molecular formula is C30H28N2. The van der Waals surface area contributed by atoms with E-state index in [1.165, 1.54) is 38.7 Å². The molecule has 2 heteroatoms. The normalized spacial score (nSPS) is 11.4. The van der Waals surface area contributed by atoms with E-state index in [1.807, 2.05) is 12.3 Å². The van der Waals surface area contributed by atoms with E-state index in [-0.39, 0.29) is 0 Å². The van der Waals surface area contributed by atoms with Crippen LogP contribution >= 0.6 is 0 Å². The molecule has 4 aromatic carbocycles. The molecule has 1 aromatic heterocycles. The Morgan fingerprint density at radius 3 is 2.34 bits per heavy atom. The first kappa shape index (κ1) is 20.3. The summed E-state index contributed by atoms with van der Waals surface area (Å²) in [6.07, 6.45) is 4.96. The molecule has 0 saturated carbocycles. The van der Waals surface area contributed by atoms with Crippen molar-refractivity contribution in [2.24, 2.45) is 0 Å². The van der Waals surface area contributed by atoms with Crippen LogP contribution in [0.3, 0.4) is 0 Å². The van der Waals surface area contributed by atoms with Crippen LogP contribution in [0.1, 0.15) is 37.8 Å². The number of fused-ring (bicyclic) bond motifs is 1. The molecule has 5 rings (SSSR count). The Kier molecular flexibility index (Phi) is 5.36. The predicted octanol–water partition coefficient (Wildman–Crippen LogP) is 8.05. The van der Waals surface area contributed by atoms with Crippen molar-refractivity contribution < 1.29 is 0 Å². The first-order valence-corrected chi connectivity index (χ1v) is 11.4. The first-order valence-electron chi connectivity index (χ1n) is 11.4. The minimum Gasteiger partial charge on any atom is -0.299 e. The summed E-state index contributed by atoms with van der Waals surface area (Å²) in [7, 11) is 0. The molecule has 0 unspecified atom stereocenters. The van der Waals surface area contributed by atoms with Gasteiger partial charge in [-0.05, 0) is 57.5 Å². The molecule has 5 aromatic rings. The fraction of sp³-hybridized carbons (Fsp3) is 0.167. The zero-order valence-electron chi connectivity index (χ0n) is 18.9. The number of aromatic nitrogens is 2. The van der Waals surface area contributed by atoms with Crippen LogP contribution in [0.15, 0.2) is 97.3 Å². The number of rotatable bonds is 5. The second-order valence-corrected chi connectivity index (χ2v) is 8.60. The Morgan fingerprint density at radius 1 is 0.812 bits per heavy atom. The van der Waals surface area contributed by atoms with E-state index in [4.69, 9.17) is 4.98 Å². The second kappa shape index (κ2) is 8.47. The van der Waals surface area contributed by atoms with Crippen molar-refractivity contribution in [2.45, 2.75) is 33.1 Å². The smallest absolute Gasteiger partial charge is 0.144 e. The lowest BCUT2D eigenvalue weighted by Gasteiger charge is -2.22. The van der Waals surface area contributed by atoms with Gasteiger partial charge in [0.2, 0.25) is 0 Å². The summed E-state index contributed by atoms with van der Waals surface area (Å²) in [6.45, 7) is 6.81. The van der Waals surface area contributed by atoms with Crippen LogP contribution in [0.4, 0.5) is 0 Å². The fourth-order valence-electron chi connectivity index (χ4n) is 4.64. The van der Waals surface area contributed by atoms with Crippen molar-refractivity contribution in [1.82, 2.24) is 9.55 Å². The summed E-state index contributed by atoms with van der Waals surface area (Å²) in [6, 6.07) is 30.5. The molecule has 158 valence electrons. The van der Waals surface area contributed by atoms with Gasteiger partial charge in [-0.2, -0.15) is 0 Å². The van der Waals surface area contributed by atoms with E-state index in [0.717, 1.165) is 17.8 Å². The highest BCUT2D eigenvalue weighted by atomic mass is 15.1. The molecule has 0 atom stereocenters. The number of hydrogen-bond donors (Lipinski definition) is 0. The molecule has 2 nitrogen and oxygen atoms in total. The molecule has 0 N–H and O–H groups in total. The van der Waals surface area contributed by atoms with Gasteiger partial charge in [0.1, 0.15) is 5.82 Å².